The molecular weight excluding hydrogens is 368 g/mol. The molecule has 0 saturated heterocycles. The Morgan fingerprint density at radius 2 is 1.96 bits per heavy atom. The van der Waals surface area contributed by atoms with Gasteiger partial charge in [-0.25, -0.2) is 0 Å². The van der Waals surface area contributed by atoms with Gasteiger partial charge in [0.1, 0.15) is 0 Å². The van der Waals surface area contributed by atoms with E-state index in [0.29, 0.717) is 16.7 Å². The molecule has 134 valence electrons. The van der Waals surface area contributed by atoms with Gasteiger partial charge in [0, 0.05) is 22.8 Å². The van der Waals surface area contributed by atoms with Gasteiger partial charge in [-0.2, -0.15) is 0 Å². The topological polar surface area (TPSA) is 59.8 Å². The lowest BCUT2D eigenvalue weighted by Gasteiger charge is -2.13. The van der Waals surface area contributed by atoms with Gasteiger partial charge < -0.3 is 9.88 Å². The lowest BCUT2D eigenvalue weighted by Crippen LogP contribution is -2.22. The summed E-state index contributed by atoms with van der Waals surface area (Å²) in [6.07, 6.45) is 0. The molecule has 1 atom stereocenters. The van der Waals surface area contributed by atoms with E-state index in [0.717, 1.165) is 17.1 Å². The predicted octanol–water partition coefficient (Wildman–Crippen LogP) is 4.74. The van der Waals surface area contributed by atoms with E-state index in [2.05, 4.69) is 15.5 Å². The standard InChI is InChI=1S/C19H19ClN4OS/c1-3-24-17(14-8-7-9-15(20)12-14)22-23-19(24)26-13(2)18(25)21-16-10-5-4-6-11-16/h4-13H,3H2,1-2H3,(H,21,25). The van der Waals surface area contributed by atoms with Crippen molar-refractivity contribution in [2.75, 3.05) is 5.32 Å². The molecule has 1 aromatic heterocycles. The minimum absolute atomic E-state index is 0.0730. The third kappa shape index (κ3) is 4.26. The molecule has 1 N–H and O–H groups in total. The van der Waals surface area contributed by atoms with Crippen LogP contribution in [0.3, 0.4) is 0 Å². The first-order valence-electron chi connectivity index (χ1n) is 8.30. The van der Waals surface area contributed by atoms with Crippen LogP contribution in [0.5, 0.6) is 0 Å². The lowest BCUT2D eigenvalue weighted by atomic mass is 10.2. The van der Waals surface area contributed by atoms with Crippen LogP contribution in [0, 0.1) is 0 Å². The molecule has 0 bridgehead atoms. The van der Waals surface area contributed by atoms with Crippen LogP contribution in [0.25, 0.3) is 11.4 Å². The Balaban J connectivity index is 1.76. The molecule has 26 heavy (non-hydrogen) atoms. The maximum Gasteiger partial charge on any atom is 0.237 e. The summed E-state index contributed by atoms with van der Waals surface area (Å²) in [6, 6.07) is 16.9. The molecule has 0 aliphatic rings. The number of aromatic nitrogens is 3. The highest BCUT2D eigenvalue weighted by Crippen LogP contribution is 2.28. The van der Waals surface area contributed by atoms with Crippen LogP contribution in [0.4, 0.5) is 5.69 Å². The van der Waals surface area contributed by atoms with E-state index in [1.54, 1.807) is 0 Å². The normalized spacial score (nSPS) is 12.0. The quantitative estimate of drug-likeness (QED) is 0.622. The van der Waals surface area contributed by atoms with E-state index < -0.39 is 0 Å². The van der Waals surface area contributed by atoms with Crippen molar-refractivity contribution in [3.8, 4) is 11.4 Å². The molecule has 0 aliphatic carbocycles. The molecule has 2 aromatic carbocycles. The average molecular weight is 387 g/mol. The van der Waals surface area contributed by atoms with Crippen molar-refractivity contribution in [2.24, 2.45) is 0 Å². The predicted molar refractivity (Wildman–Crippen MR) is 107 cm³/mol. The summed E-state index contributed by atoms with van der Waals surface area (Å²) < 4.78 is 1.99. The monoisotopic (exact) mass is 386 g/mol. The number of amides is 1. The molecule has 0 spiro atoms. The summed E-state index contributed by atoms with van der Waals surface area (Å²) >= 11 is 7.47. The van der Waals surface area contributed by atoms with Crippen molar-refractivity contribution >= 4 is 35.0 Å². The van der Waals surface area contributed by atoms with Crippen LogP contribution < -0.4 is 5.32 Å². The summed E-state index contributed by atoms with van der Waals surface area (Å²) in [6.45, 7) is 4.58. The van der Waals surface area contributed by atoms with Gasteiger partial charge in [-0.15, -0.1) is 10.2 Å². The second kappa shape index (κ2) is 8.38. The molecule has 1 unspecified atom stereocenters. The van der Waals surface area contributed by atoms with Gasteiger partial charge in [-0.05, 0) is 38.1 Å². The zero-order valence-corrected chi connectivity index (χ0v) is 16.1. The van der Waals surface area contributed by atoms with Crippen LogP contribution in [0.15, 0.2) is 59.8 Å². The highest BCUT2D eigenvalue weighted by Gasteiger charge is 2.20. The number of rotatable bonds is 6. The Morgan fingerprint density at radius 3 is 2.65 bits per heavy atom. The molecule has 3 rings (SSSR count). The summed E-state index contributed by atoms with van der Waals surface area (Å²) in [5, 5.41) is 12.5. The Morgan fingerprint density at radius 1 is 1.19 bits per heavy atom. The van der Waals surface area contributed by atoms with Crippen molar-refractivity contribution in [1.29, 1.82) is 0 Å². The van der Waals surface area contributed by atoms with E-state index in [-0.39, 0.29) is 11.2 Å². The molecular formula is C19H19ClN4OS. The molecule has 1 amide bonds. The van der Waals surface area contributed by atoms with Gasteiger partial charge in [0.15, 0.2) is 11.0 Å². The van der Waals surface area contributed by atoms with Gasteiger partial charge in [0.2, 0.25) is 5.91 Å². The summed E-state index contributed by atoms with van der Waals surface area (Å²) in [5.41, 5.74) is 1.68. The number of nitrogens with one attached hydrogen (secondary N) is 1. The molecule has 1 heterocycles. The third-order valence-corrected chi connectivity index (χ3v) is 5.12. The first kappa shape index (κ1) is 18.5. The highest BCUT2D eigenvalue weighted by molar-refractivity contribution is 8.00. The average Bonchev–Trinajstić information content (AvgIpc) is 3.05. The first-order valence-corrected chi connectivity index (χ1v) is 9.56. The molecule has 0 saturated carbocycles. The van der Waals surface area contributed by atoms with Crippen molar-refractivity contribution in [3.05, 3.63) is 59.6 Å². The fourth-order valence-corrected chi connectivity index (χ4v) is 3.58. The lowest BCUT2D eigenvalue weighted by molar-refractivity contribution is -0.115. The van der Waals surface area contributed by atoms with Crippen LogP contribution in [-0.4, -0.2) is 25.9 Å². The zero-order chi connectivity index (χ0) is 18.5. The molecule has 7 heteroatoms. The highest BCUT2D eigenvalue weighted by atomic mass is 35.5. The van der Waals surface area contributed by atoms with Crippen molar-refractivity contribution < 1.29 is 4.79 Å². The fraction of sp³-hybridized carbons (Fsp3) is 0.211. The number of nitrogens with zero attached hydrogens (tertiary/aromatic N) is 3. The number of carbonyl (C=O) groups is 1. The van der Waals surface area contributed by atoms with E-state index in [9.17, 15) is 4.79 Å². The van der Waals surface area contributed by atoms with Gasteiger partial charge in [-0.1, -0.05) is 53.7 Å². The molecule has 0 radical (unpaired) electrons. The van der Waals surface area contributed by atoms with Crippen LogP contribution in [0.1, 0.15) is 13.8 Å². The number of hydrogen-bond donors (Lipinski definition) is 1. The molecule has 0 aliphatic heterocycles. The number of anilines is 1. The Kier molecular flexibility index (Phi) is 5.96. The molecule has 0 fully saturated rings. The van der Waals surface area contributed by atoms with Gasteiger partial charge in [0.05, 0.1) is 5.25 Å². The largest absolute Gasteiger partial charge is 0.325 e. The molecule has 3 aromatic rings. The zero-order valence-electron chi connectivity index (χ0n) is 14.5. The number of benzene rings is 2. The Bertz CT molecular complexity index is 898. The van der Waals surface area contributed by atoms with Crippen molar-refractivity contribution in [3.63, 3.8) is 0 Å². The van der Waals surface area contributed by atoms with Crippen molar-refractivity contribution in [1.82, 2.24) is 14.8 Å². The van der Waals surface area contributed by atoms with Gasteiger partial charge >= 0.3 is 0 Å². The van der Waals surface area contributed by atoms with E-state index in [4.69, 9.17) is 11.6 Å². The van der Waals surface area contributed by atoms with Crippen LogP contribution in [-0.2, 0) is 11.3 Å². The van der Waals surface area contributed by atoms with Crippen LogP contribution in [0.2, 0.25) is 5.02 Å². The minimum atomic E-state index is -0.308. The number of thioether (sulfide) groups is 1. The second-order valence-electron chi connectivity index (χ2n) is 5.68. The number of para-hydroxylation sites is 1. The van der Waals surface area contributed by atoms with Crippen molar-refractivity contribution in [2.45, 2.75) is 30.8 Å². The SMILES string of the molecule is CCn1c(SC(C)C(=O)Nc2ccccc2)nnc1-c1cccc(Cl)c1. The first-order chi connectivity index (χ1) is 12.6. The van der Waals surface area contributed by atoms with Crippen LogP contribution >= 0.6 is 23.4 Å². The summed E-state index contributed by atoms with van der Waals surface area (Å²) in [5.74, 6) is 0.671. The maximum absolute atomic E-state index is 12.4. The Labute approximate surface area is 161 Å². The van der Waals surface area contributed by atoms with E-state index in [1.807, 2.05) is 73.0 Å². The summed E-state index contributed by atoms with van der Waals surface area (Å²) in [4.78, 5) is 12.4. The van der Waals surface area contributed by atoms with Gasteiger partial charge in [0.25, 0.3) is 0 Å². The van der Waals surface area contributed by atoms with E-state index in [1.165, 1.54) is 11.8 Å². The third-order valence-electron chi connectivity index (χ3n) is 3.81. The smallest absolute Gasteiger partial charge is 0.237 e. The summed E-state index contributed by atoms with van der Waals surface area (Å²) in [7, 11) is 0. The molecule has 5 nitrogen and oxygen atoms in total. The Hall–Kier alpha value is -2.31. The number of halogens is 1. The fourth-order valence-electron chi connectivity index (χ4n) is 2.48. The second-order valence-corrected chi connectivity index (χ2v) is 7.42. The van der Waals surface area contributed by atoms with E-state index >= 15 is 0 Å². The minimum Gasteiger partial charge on any atom is -0.325 e. The number of hydrogen-bond acceptors (Lipinski definition) is 4. The van der Waals surface area contributed by atoms with Gasteiger partial charge in [-0.3, -0.25) is 4.79 Å². The number of carbonyl (C=O) groups excluding carboxylic acids is 1. The maximum atomic E-state index is 12.4.